The molecule has 2 aliphatic heterocycles. The first-order chi connectivity index (χ1) is 9.71. The molecule has 9 nitrogen and oxygen atoms in total. The van der Waals surface area contributed by atoms with E-state index in [1.54, 1.807) is 0 Å². The molecular formula is C10H22O9S2. The smallest absolute Gasteiger partial charge is 0.381 e. The van der Waals surface area contributed by atoms with Gasteiger partial charge in [0.25, 0.3) is 0 Å². The van der Waals surface area contributed by atoms with Crippen LogP contribution in [0.4, 0.5) is 0 Å². The quantitative estimate of drug-likeness (QED) is 0.698. The van der Waals surface area contributed by atoms with E-state index in [0.29, 0.717) is 0 Å². The Kier molecular flexibility index (Phi) is 11.1. The molecule has 0 spiro atoms. The van der Waals surface area contributed by atoms with E-state index in [0.717, 1.165) is 26.4 Å². The minimum atomic E-state index is -5.12. The summed E-state index contributed by atoms with van der Waals surface area (Å²) in [5, 5.41) is 0. The number of hydrogen-bond donors (Lipinski definition) is 2. The van der Waals surface area contributed by atoms with Crippen molar-refractivity contribution in [2.75, 3.05) is 26.4 Å². The molecule has 2 N–H and O–H groups in total. The Labute approximate surface area is 125 Å². The molecule has 2 fully saturated rings. The molecule has 0 aromatic carbocycles. The Morgan fingerprint density at radius 2 is 0.905 bits per heavy atom. The third kappa shape index (κ3) is 19.7. The maximum atomic E-state index is 9.44. The normalized spacial score (nSPS) is 19.5. The fraction of sp³-hybridized carbons (Fsp3) is 1.00. The van der Waals surface area contributed by atoms with Crippen LogP contribution in [0.3, 0.4) is 0 Å². The van der Waals surface area contributed by atoms with Crippen molar-refractivity contribution in [1.82, 2.24) is 0 Å². The maximum absolute atomic E-state index is 9.44. The van der Waals surface area contributed by atoms with Gasteiger partial charge < -0.3 is 9.47 Å². The molecule has 0 aliphatic carbocycles. The van der Waals surface area contributed by atoms with Gasteiger partial charge in [0.05, 0.1) is 0 Å². The lowest BCUT2D eigenvalue weighted by molar-refractivity contribution is 0.0967. The van der Waals surface area contributed by atoms with E-state index in [2.05, 4.69) is 3.63 Å². The molecular weight excluding hydrogens is 328 g/mol. The van der Waals surface area contributed by atoms with E-state index in [-0.39, 0.29) is 0 Å². The summed E-state index contributed by atoms with van der Waals surface area (Å²) in [4.78, 5) is 0. The van der Waals surface area contributed by atoms with Crippen molar-refractivity contribution in [3.05, 3.63) is 0 Å². The predicted octanol–water partition coefficient (Wildman–Crippen LogP) is 0.982. The minimum absolute atomic E-state index is 1.00. The summed E-state index contributed by atoms with van der Waals surface area (Å²) in [7, 11) is -10.2. The highest BCUT2D eigenvalue weighted by atomic mass is 32.3. The van der Waals surface area contributed by atoms with Gasteiger partial charge in [0.1, 0.15) is 0 Å². The highest BCUT2D eigenvalue weighted by Crippen LogP contribution is 2.02. The second kappa shape index (κ2) is 11.3. The van der Waals surface area contributed by atoms with Crippen LogP contribution in [0.5, 0.6) is 0 Å². The Morgan fingerprint density at radius 3 is 0.952 bits per heavy atom. The zero-order chi connectivity index (χ0) is 16.2. The van der Waals surface area contributed by atoms with Gasteiger partial charge in [-0.1, -0.05) is 0 Å². The first-order valence-corrected chi connectivity index (χ1v) is 9.25. The average Bonchev–Trinajstić information content (AvgIpc) is 2.40. The molecule has 0 bridgehead atoms. The Balaban J connectivity index is 0.000000293. The molecule has 11 heteroatoms. The SMILES string of the molecule is C1CCOCC1.C1CCOCC1.O=S(=O)(O)OS(=O)(=O)O. The lowest BCUT2D eigenvalue weighted by atomic mass is 10.2. The van der Waals surface area contributed by atoms with Crippen LogP contribution in [0, 0.1) is 0 Å². The van der Waals surface area contributed by atoms with Gasteiger partial charge in [-0.05, 0) is 38.5 Å². The van der Waals surface area contributed by atoms with Gasteiger partial charge in [0.15, 0.2) is 0 Å². The number of rotatable bonds is 2. The second-order valence-electron chi connectivity index (χ2n) is 4.27. The van der Waals surface area contributed by atoms with Gasteiger partial charge in [-0.15, -0.1) is 3.63 Å². The largest absolute Gasteiger partial charge is 0.413 e. The lowest BCUT2D eigenvalue weighted by Crippen LogP contribution is -2.10. The standard InChI is InChI=1S/2C5H10O.H2O7S2/c2*1-2-4-6-5-3-1;1-8(2,3)7-9(4,5)6/h2*1-5H2;(H,1,2,3)(H,4,5,6). The Hall–Kier alpha value is -0.300. The molecule has 128 valence electrons. The van der Waals surface area contributed by atoms with Gasteiger partial charge in [0.2, 0.25) is 0 Å². The molecule has 2 heterocycles. The summed E-state index contributed by atoms with van der Waals surface area (Å²) < 4.78 is 65.7. The third-order valence-corrected chi connectivity index (χ3v) is 3.70. The van der Waals surface area contributed by atoms with Crippen molar-refractivity contribution >= 4 is 20.8 Å². The molecule has 0 amide bonds. The maximum Gasteiger partial charge on any atom is 0.413 e. The summed E-state index contributed by atoms with van der Waals surface area (Å²) in [5.74, 6) is 0. The minimum Gasteiger partial charge on any atom is -0.381 e. The Bertz CT molecular complexity index is 370. The lowest BCUT2D eigenvalue weighted by Gasteiger charge is -2.08. The van der Waals surface area contributed by atoms with Crippen molar-refractivity contribution in [2.24, 2.45) is 0 Å². The molecule has 2 saturated heterocycles. The van der Waals surface area contributed by atoms with E-state index in [9.17, 15) is 16.8 Å². The van der Waals surface area contributed by atoms with Crippen molar-refractivity contribution in [3.63, 3.8) is 0 Å². The zero-order valence-corrected chi connectivity index (χ0v) is 13.3. The average molecular weight is 350 g/mol. The van der Waals surface area contributed by atoms with Gasteiger partial charge in [-0.2, -0.15) is 16.8 Å². The molecule has 2 aliphatic rings. The van der Waals surface area contributed by atoms with E-state index in [4.69, 9.17) is 18.6 Å². The van der Waals surface area contributed by atoms with Crippen LogP contribution in [0.2, 0.25) is 0 Å². The van der Waals surface area contributed by atoms with Crippen LogP contribution in [0.25, 0.3) is 0 Å². The van der Waals surface area contributed by atoms with Gasteiger partial charge in [-0.25, -0.2) is 0 Å². The fourth-order valence-electron chi connectivity index (χ4n) is 1.48. The molecule has 21 heavy (non-hydrogen) atoms. The first kappa shape index (κ1) is 20.7. The highest BCUT2D eigenvalue weighted by Gasteiger charge is 2.15. The van der Waals surface area contributed by atoms with Crippen molar-refractivity contribution in [1.29, 1.82) is 0 Å². The van der Waals surface area contributed by atoms with Crippen LogP contribution < -0.4 is 0 Å². The van der Waals surface area contributed by atoms with Crippen LogP contribution in [0.1, 0.15) is 38.5 Å². The number of ether oxygens (including phenoxy) is 2. The molecule has 0 unspecified atom stereocenters. The summed E-state index contributed by atoms with van der Waals surface area (Å²) in [6.45, 7) is 4.00. The van der Waals surface area contributed by atoms with Gasteiger partial charge >= 0.3 is 20.8 Å². The van der Waals surface area contributed by atoms with E-state index in [1.807, 2.05) is 0 Å². The van der Waals surface area contributed by atoms with Crippen molar-refractivity contribution in [2.45, 2.75) is 38.5 Å². The van der Waals surface area contributed by atoms with E-state index < -0.39 is 20.8 Å². The number of hydrogen-bond acceptors (Lipinski definition) is 7. The van der Waals surface area contributed by atoms with Crippen LogP contribution in [0.15, 0.2) is 0 Å². The van der Waals surface area contributed by atoms with Gasteiger partial charge in [0, 0.05) is 26.4 Å². The molecule has 0 saturated carbocycles. The third-order valence-electron chi connectivity index (χ3n) is 2.33. The molecule has 2 rings (SSSR count). The molecule has 0 aromatic heterocycles. The predicted molar refractivity (Wildman–Crippen MR) is 73.5 cm³/mol. The molecule has 0 atom stereocenters. The first-order valence-electron chi connectivity index (χ1n) is 6.52. The second-order valence-corrected chi connectivity index (χ2v) is 6.52. The van der Waals surface area contributed by atoms with Gasteiger partial charge in [-0.3, -0.25) is 9.11 Å². The van der Waals surface area contributed by atoms with Crippen LogP contribution in [-0.2, 0) is 33.9 Å². The van der Waals surface area contributed by atoms with Crippen molar-refractivity contribution < 1.29 is 39.0 Å². The summed E-state index contributed by atoms with van der Waals surface area (Å²) in [6.07, 6.45) is 7.86. The van der Waals surface area contributed by atoms with Crippen LogP contribution >= 0.6 is 0 Å². The topological polar surface area (TPSA) is 136 Å². The molecule has 0 aromatic rings. The highest BCUT2D eigenvalue weighted by molar-refractivity contribution is 7.94. The van der Waals surface area contributed by atoms with E-state index in [1.165, 1.54) is 38.5 Å². The summed E-state index contributed by atoms with van der Waals surface area (Å²) in [6, 6.07) is 0. The summed E-state index contributed by atoms with van der Waals surface area (Å²) in [5.41, 5.74) is 0. The monoisotopic (exact) mass is 350 g/mol. The van der Waals surface area contributed by atoms with Crippen LogP contribution in [-0.4, -0.2) is 52.4 Å². The molecule has 0 radical (unpaired) electrons. The Morgan fingerprint density at radius 1 is 0.619 bits per heavy atom. The summed E-state index contributed by atoms with van der Waals surface area (Å²) >= 11 is 0. The van der Waals surface area contributed by atoms with Crippen molar-refractivity contribution in [3.8, 4) is 0 Å². The van der Waals surface area contributed by atoms with E-state index >= 15 is 0 Å². The fourth-order valence-corrected chi connectivity index (χ4v) is 2.35. The zero-order valence-electron chi connectivity index (χ0n) is 11.6.